The summed E-state index contributed by atoms with van der Waals surface area (Å²) in [5.74, 6) is 0. The molecule has 0 amide bonds. The molecule has 1 heteroatoms. The molecule has 0 bridgehead atoms. The first-order valence-electron chi connectivity index (χ1n) is 18.9. The fourth-order valence-corrected chi connectivity index (χ4v) is 7.69. The van der Waals surface area contributed by atoms with Gasteiger partial charge in [0.2, 0.25) is 0 Å². The van der Waals surface area contributed by atoms with Crippen LogP contribution in [0.15, 0.2) is 237 Å². The third-order valence-electron chi connectivity index (χ3n) is 10.3. The van der Waals surface area contributed by atoms with E-state index in [2.05, 4.69) is 241 Å². The van der Waals surface area contributed by atoms with Gasteiger partial charge in [-0.15, -0.1) is 0 Å². The second-order valence-electron chi connectivity index (χ2n) is 13.7. The van der Waals surface area contributed by atoms with Crippen molar-refractivity contribution in [3.63, 3.8) is 0 Å². The van der Waals surface area contributed by atoms with E-state index in [-0.39, 0.29) is 0 Å². The van der Waals surface area contributed by atoms with Crippen LogP contribution >= 0.6 is 0 Å². The van der Waals surface area contributed by atoms with Crippen LogP contribution in [0.1, 0.15) is 0 Å². The lowest BCUT2D eigenvalue weighted by atomic mass is 9.87. The van der Waals surface area contributed by atoms with Gasteiger partial charge >= 0.3 is 0 Å². The lowest BCUT2D eigenvalue weighted by Crippen LogP contribution is -2.12. The molecule has 9 rings (SSSR count). The number of anilines is 3. The molecule has 0 aliphatic carbocycles. The highest BCUT2D eigenvalue weighted by Crippen LogP contribution is 2.47. The lowest BCUT2D eigenvalue weighted by Gasteiger charge is -2.30. The molecular weight excluding hydrogens is 663 g/mol. The summed E-state index contributed by atoms with van der Waals surface area (Å²) in [6, 6.07) is 85.0. The van der Waals surface area contributed by atoms with Crippen LogP contribution in [-0.4, -0.2) is 0 Å². The molecule has 0 saturated carbocycles. The van der Waals surface area contributed by atoms with Crippen LogP contribution in [-0.2, 0) is 0 Å². The number of rotatable bonds is 9. The lowest BCUT2D eigenvalue weighted by molar-refractivity contribution is 1.28. The van der Waals surface area contributed by atoms with Crippen molar-refractivity contribution in [1.82, 2.24) is 0 Å². The number of hydrogen-bond acceptors (Lipinski definition) is 1. The summed E-state index contributed by atoms with van der Waals surface area (Å²) < 4.78 is 0. The Balaban J connectivity index is 1.24. The van der Waals surface area contributed by atoms with Crippen LogP contribution < -0.4 is 4.90 Å². The van der Waals surface area contributed by atoms with E-state index in [0.717, 1.165) is 22.6 Å². The predicted molar refractivity (Wildman–Crippen MR) is 234 cm³/mol. The zero-order valence-electron chi connectivity index (χ0n) is 30.5. The normalized spacial score (nSPS) is 10.9. The van der Waals surface area contributed by atoms with Crippen LogP contribution in [0.25, 0.3) is 66.8 Å². The van der Waals surface area contributed by atoms with Gasteiger partial charge in [0.1, 0.15) is 0 Å². The van der Waals surface area contributed by atoms with E-state index < -0.39 is 0 Å². The standard InChI is InChI=1S/C54H39N/c1-6-19-40(20-7-1)46-35-38-53(51(39-46)43-25-12-4-13-26-43)55(52-32-17-16-29-48(52)41-21-8-2-9-22-41)47-36-33-44(34-37-47)50-31-18-30-49(42-23-10-3-11-24-42)54(50)45-27-14-5-15-28-45/h1-39H. The first-order valence-corrected chi connectivity index (χ1v) is 18.9. The number of nitrogens with zero attached hydrogens (tertiary/aromatic N) is 1. The molecule has 55 heavy (non-hydrogen) atoms. The Labute approximate surface area is 324 Å². The monoisotopic (exact) mass is 701 g/mol. The molecule has 0 unspecified atom stereocenters. The molecule has 9 aromatic carbocycles. The van der Waals surface area contributed by atoms with Crippen molar-refractivity contribution in [2.45, 2.75) is 0 Å². The summed E-state index contributed by atoms with van der Waals surface area (Å²) in [5, 5.41) is 0. The quantitative estimate of drug-likeness (QED) is 0.145. The largest absolute Gasteiger partial charge is 0.309 e. The maximum atomic E-state index is 2.43. The van der Waals surface area contributed by atoms with Gasteiger partial charge < -0.3 is 4.90 Å². The number of benzene rings is 9. The second kappa shape index (κ2) is 15.4. The SMILES string of the molecule is c1ccc(-c2ccc(N(c3ccc(-c4cccc(-c5ccccc5)c4-c4ccccc4)cc3)c3ccccc3-c3ccccc3)c(-c3ccccc3)c2)cc1. The molecule has 0 fully saturated rings. The van der Waals surface area contributed by atoms with Crippen molar-refractivity contribution in [2.24, 2.45) is 0 Å². The highest BCUT2D eigenvalue weighted by atomic mass is 15.1. The highest BCUT2D eigenvalue weighted by molar-refractivity contribution is 5.97. The van der Waals surface area contributed by atoms with Crippen LogP contribution in [0.5, 0.6) is 0 Å². The molecule has 0 aliphatic rings. The Bertz CT molecular complexity index is 2650. The van der Waals surface area contributed by atoms with E-state index in [1.807, 2.05) is 0 Å². The van der Waals surface area contributed by atoms with E-state index in [1.54, 1.807) is 0 Å². The zero-order chi connectivity index (χ0) is 36.8. The van der Waals surface area contributed by atoms with Crippen molar-refractivity contribution in [3.05, 3.63) is 237 Å². The van der Waals surface area contributed by atoms with E-state index in [1.165, 1.54) is 61.2 Å². The van der Waals surface area contributed by atoms with E-state index >= 15 is 0 Å². The molecule has 0 atom stereocenters. The van der Waals surface area contributed by atoms with Gasteiger partial charge in [0.25, 0.3) is 0 Å². The van der Waals surface area contributed by atoms with Crippen LogP contribution in [0.4, 0.5) is 17.1 Å². The van der Waals surface area contributed by atoms with Crippen molar-refractivity contribution in [3.8, 4) is 66.8 Å². The molecular formula is C54H39N. The smallest absolute Gasteiger partial charge is 0.0540 e. The summed E-state index contributed by atoms with van der Waals surface area (Å²) in [5.41, 5.74) is 17.6. The zero-order valence-corrected chi connectivity index (χ0v) is 30.5. The summed E-state index contributed by atoms with van der Waals surface area (Å²) >= 11 is 0. The van der Waals surface area contributed by atoms with Gasteiger partial charge in [-0.05, 0) is 86.0 Å². The van der Waals surface area contributed by atoms with Crippen molar-refractivity contribution in [2.75, 3.05) is 4.90 Å². The minimum absolute atomic E-state index is 1.08. The van der Waals surface area contributed by atoms with Gasteiger partial charge in [-0.3, -0.25) is 0 Å². The molecule has 0 saturated heterocycles. The predicted octanol–water partition coefficient (Wildman–Crippen LogP) is 15.2. The molecule has 0 radical (unpaired) electrons. The maximum Gasteiger partial charge on any atom is 0.0540 e. The summed E-state index contributed by atoms with van der Waals surface area (Å²) in [6.45, 7) is 0. The summed E-state index contributed by atoms with van der Waals surface area (Å²) in [6.07, 6.45) is 0. The van der Waals surface area contributed by atoms with Crippen molar-refractivity contribution >= 4 is 17.1 Å². The minimum Gasteiger partial charge on any atom is -0.309 e. The third kappa shape index (κ3) is 6.88. The Morgan fingerprint density at radius 3 is 1.16 bits per heavy atom. The molecule has 0 aromatic heterocycles. The molecule has 0 N–H and O–H groups in total. The van der Waals surface area contributed by atoms with E-state index in [4.69, 9.17) is 0 Å². The summed E-state index contributed by atoms with van der Waals surface area (Å²) in [7, 11) is 0. The average molecular weight is 702 g/mol. The number of para-hydroxylation sites is 1. The Kier molecular flexibility index (Phi) is 9.41. The Morgan fingerprint density at radius 1 is 0.218 bits per heavy atom. The van der Waals surface area contributed by atoms with Gasteiger partial charge in [0.15, 0.2) is 0 Å². The van der Waals surface area contributed by atoms with Crippen LogP contribution in [0, 0.1) is 0 Å². The van der Waals surface area contributed by atoms with Crippen LogP contribution in [0.3, 0.4) is 0 Å². The Hall–Kier alpha value is -7.22. The first-order chi connectivity index (χ1) is 27.3. The van der Waals surface area contributed by atoms with Crippen molar-refractivity contribution in [1.29, 1.82) is 0 Å². The molecule has 1 nitrogen and oxygen atoms in total. The van der Waals surface area contributed by atoms with Gasteiger partial charge in [-0.1, -0.05) is 206 Å². The fourth-order valence-electron chi connectivity index (χ4n) is 7.69. The van der Waals surface area contributed by atoms with Gasteiger partial charge in [-0.25, -0.2) is 0 Å². The fraction of sp³-hybridized carbons (Fsp3) is 0. The number of hydrogen-bond donors (Lipinski definition) is 0. The third-order valence-corrected chi connectivity index (χ3v) is 10.3. The van der Waals surface area contributed by atoms with Gasteiger partial charge in [0.05, 0.1) is 11.4 Å². The molecule has 0 aliphatic heterocycles. The summed E-state index contributed by atoms with van der Waals surface area (Å²) in [4.78, 5) is 2.43. The average Bonchev–Trinajstić information content (AvgIpc) is 3.28. The van der Waals surface area contributed by atoms with E-state index in [0.29, 0.717) is 0 Å². The molecule has 0 spiro atoms. The molecule has 9 aromatic rings. The highest BCUT2D eigenvalue weighted by Gasteiger charge is 2.22. The van der Waals surface area contributed by atoms with Crippen molar-refractivity contribution < 1.29 is 0 Å². The van der Waals surface area contributed by atoms with Crippen LogP contribution in [0.2, 0.25) is 0 Å². The Morgan fingerprint density at radius 2 is 0.600 bits per heavy atom. The van der Waals surface area contributed by atoms with E-state index in [9.17, 15) is 0 Å². The molecule has 0 heterocycles. The van der Waals surface area contributed by atoms with Gasteiger partial charge in [0, 0.05) is 16.8 Å². The second-order valence-corrected chi connectivity index (χ2v) is 13.7. The topological polar surface area (TPSA) is 3.24 Å². The minimum atomic E-state index is 1.08. The first kappa shape index (κ1) is 33.6. The molecule has 260 valence electrons. The maximum absolute atomic E-state index is 2.43. The van der Waals surface area contributed by atoms with Gasteiger partial charge in [-0.2, -0.15) is 0 Å².